The van der Waals surface area contributed by atoms with E-state index >= 15 is 0 Å². The molecule has 0 unspecified atom stereocenters. The zero-order valence-corrected chi connectivity index (χ0v) is 18.1. The van der Waals surface area contributed by atoms with Crippen LogP contribution in [0, 0.1) is 0 Å². The van der Waals surface area contributed by atoms with E-state index in [4.69, 9.17) is 16.7 Å². The molecule has 0 radical (unpaired) electrons. The molecule has 1 amide bonds. The van der Waals surface area contributed by atoms with Gasteiger partial charge in [-0.3, -0.25) is 4.79 Å². The Morgan fingerprint density at radius 1 is 0.935 bits per heavy atom. The lowest BCUT2D eigenvalue weighted by molar-refractivity contribution is 0.0950. The number of hydrogen-bond donors (Lipinski definition) is 1. The van der Waals surface area contributed by atoms with Crippen molar-refractivity contribution in [3.63, 3.8) is 0 Å². The molecule has 0 bridgehead atoms. The van der Waals surface area contributed by atoms with E-state index in [1.807, 2.05) is 89.6 Å². The van der Waals surface area contributed by atoms with Gasteiger partial charge in [0.2, 0.25) is 0 Å². The highest BCUT2D eigenvalue weighted by molar-refractivity contribution is 6.31. The Morgan fingerprint density at radius 3 is 2.26 bits per heavy atom. The van der Waals surface area contributed by atoms with Crippen LogP contribution in [0.25, 0.3) is 16.9 Å². The first-order valence-electron chi connectivity index (χ1n) is 10.4. The molecule has 1 aromatic heterocycles. The molecule has 0 aliphatic heterocycles. The highest BCUT2D eigenvalue weighted by Gasteiger charge is 2.25. The van der Waals surface area contributed by atoms with Crippen molar-refractivity contribution in [2.24, 2.45) is 0 Å². The second-order valence-corrected chi connectivity index (χ2v) is 7.71. The van der Waals surface area contributed by atoms with E-state index in [0.29, 0.717) is 22.8 Å². The highest BCUT2D eigenvalue weighted by atomic mass is 35.5. The fourth-order valence-electron chi connectivity index (χ4n) is 3.65. The Labute approximate surface area is 187 Å². The van der Waals surface area contributed by atoms with Crippen molar-refractivity contribution in [2.75, 3.05) is 0 Å². The SMILES string of the molecule is CCCc1c(C(=O)NCc2ccccc2Cl)c(-c2ccccc2)nn1-c1ccccc1. The van der Waals surface area contributed by atoms with Crippen LogP contribution in [0.15, 0.2) is 84.9 Å². The fraction of sp³-hybridized carbons (Fsp3) is 0.154. The molecule has 0 saturated heterocycles. The van der Waals surface area contributed by atoms with Crippen LogP contribution in [0.1, 0.15) is 35.0 Å². The summed E-state index contributed by atoms with van der Waals surface area (Å²) in [6.07, 6.45) is 1.64. The molecule has 3 aromatic carbocycles. The van der Waals surface area contributed by atoms with Crippen molar-refractivity contribution >= 4 is 17.5 Å². The Bertz CT molecular complexity index is 1170. The number of carbonyl (C=O) groups is 1. The first kappa shape index (κ1) is 20.9. The van der Waals surface area contributed by atoms with Gasteiger partial charge in [-0.25, -0.2) is 4.68 Å². The minimum atomic E-state index is -0.149. The summed E-state index contributed by atoms with van der Waals surface area (Å²) < 4.78 is 1.90. The second kappa shape index (κ2) is 9.63. The van der Waals surface area contributed by atoms with Gasteiger partial charge in [-0.1, -0.05) is 91.7 Å². The molecule has 156 valence electrons. The van der Waals surface area contributed by atoms with Crippen molar-refractivity contribution in [1.82, 2.24) is 15.1 Å². The Kier molecular flexibility index (Phi) is 6.48. The molecule has 0 saturated carbocycles. The zero-order valence-electron chi connectivity index (χ0n) is 17.4. The molecule has 1 heterocycles. The van der Waals surface area contributed by atoms with Gasteiger partial charge in [-0.05, 0) is 30.2 Å². The molecule has 0 spiro atoms. The number of halogens is 1. The molecular formula is C26H24ClN3O. The van der Waals surface area contributed by atoms with Gasteiger partial charge in [0.15, 0.2) is 0 Å². The number of nitrogens with zero attached hydrogens (tertiary/aromatic N) is 2. The van der Waals surface area contributed by atoms with Gasteiger partial charge in [0.05, 0.1) is 16.9 Å². The molecular weight excluding hydrogens is 406 g/mol. The molecule has 4 nitrogen and oxygen atoms in total. The van der Waals surface area contributed by atoms with Crippen LogP contribution in [-0.4, -0.2) is 15.7 Å². The highest BCUT2D eigenvalue weighted by Crippen LogP contribution is 2.29. The zero-order chi connectivity index (χ0) is 21.6. The van der Waals surface area contributed by atoms with Gasteiger partial charge in [-0.15, -0.1) is 0 Å². The molecule has 0 aliphatic carbocycles. The number of para-hydroxylation sites is 1. The molecule has 4 aromatic rings. The lowest BCUT2D eigenvalue weighted by Gasteiger charge is -2.10. The van der Waals surface area contributed by atoms with Gasteiger partial charge >= 0.3 is 0 Å². The van der Waals surface area contributed by atoms with Crippen LogP contribution in [0.4, 0.5) is 0 Å². The van der Waals surface area contributed by atoms with Crippen LogP contribution in [0.3, 0.4) is 0 Å². The number of amides is 1. The van der Waals surface area contributed by atoms with E-state index in [9.17, 15) is 4.79 Å². The molecule has 0 atom stereocenters. The average Bonchev–Trinajstić information content (AvgIpc) is 3.19. The lowest BCUT2D eigenvalue weighted by atomic mass is 10.0. The van der Waals surface area contributed by atoms with Gasteiger partial charge in [-0.2, -0.15) is 5.10 Å². The summed E-state index contributed by atoms with van der Waals surface area (Å²) in [5, 5.41) is 8.58. The van der Waals surface area contributed by atoms with Crippen molar-refractivity contribution in [3.8, 4) is 16.9 Å². The quantitative estimate of drug-likeness (QED) is 0.387. The largest absolute Gasteiger partial charge is 0.348 e. The van der Waals surface area contributed by atoms with E-state index in [0.717, 1.165) is 35.3 Å². The smallest absolute Gasteiger partial charge is 0.255 e. The number of carbonyl (C=O) groups excluding carboxylic acids is 1. The van der Waals surface area contributed by atoms with Crippen molar-refractivity contribution < 1.29 is 4.79 Å². The molecule has 0 aliphatic rings. The molecule has 1 N–H and O–H groups in total. The minimum absolute atomic E-state index is 0.149. The molecule has 31 heavy (non-hydrogen) atoms. The first-order chi connectivity index (χ1) is 15.2. The summed E-state index contributed by atoms with van der Waals surface area (Å²) in [4.78, 5) is 13.5. The maximum absolute atomic E-state index is 13.5. The predicted molar refractivity (Wildman–Crippen MR) is 126 cm³/mol. The topological polar surface area (TPSA) is 46.9 Å². The fourth-order valence-corrected chi connectivity index (χ4v) is 3.85. The third-order valence-electron chi connectivity index (χ3n) is 5.14. The van der Waals surface area contributed by atoms with Crippen LogP contribution < -0.4 is 5.32 Å². The number of aromatic nitrogens is 2. The minimum Gasteiger partial charge on any atom is -0.348 e. The summed E-state index contributed by atoms with van der Waals surface area (Å²) in [7, 11) is 0. The van der Waals surface area contributed by atoms with Gasteiger partial charge in [0.1, 0.15) is 5.69 Å². The summed E-state index contributed by atoms with van der Waals surface area (Å²) in [5.74, 6) is -0.149. The Hall–Kier alpha value is -3.37. The van der Waals surface area contributed by atoms with Crippen LogP contribution in [0.2, 0.25) is 5.02 Å². The van der Waals surface area contributed by atoms with Gasteiger partial charge < -0.3 is 5.32 Å². The normalized spacial score (nSPS) is 10.8. The maximum atomic E-state index is 13.5. The average molecular weight is 430 g/mol. The number of rotatable bonds is 7. The van der Waals surface area contributed by atoms with E-state index in [2.05, 4.69) is 12.2 Å². The summed E-state index contributed by atoms with van der Waals surface area (Å²) in [5.41, 5.74) is 4.94. The summed E-state index contributed by atoms with van der Waals surface area (Å²) in [6, 6.07) is 27.3. The van der Waals surface area contributed by atoms with E-state index in [-0.39, 0.29) is 5.91 Å². The van der Waals surface area contributed by atoms with Crippen LogP contribution in [0.5, 0.6) is 0 Å². The second-order valence-electron chi connectivity index (χ2n) is 7.31. The number of benzene rings is 3. The summed E-state index contributed by atoms with van der Waals surface area (Å²) >= 11 is 6.28. The monoisotopic (exact) mass is 429 g/mol. The lowest BCUT2D eigenvalue weighted by Crippen LogP contribution is -2.24. The molecule has 5 heteroatoms. The van der Waals surface area contributed by atoms with Crippen LogP contribution >= 0.6 is 11.6 Å². The van der Waals surface area contributed by atoms with Crippen LogP contribution in [-0.2, 0) is 13.0 Å². The van der Waals surface area contributed by atoms with E-state index in [1.54, 1.807) is 0 Å². The predicted octanol–water partition coefficient (Wildman–Crippen LogP) is 6.08. The van der Waals surface area contributed by atoms with E-state index in [1.165, 1.54) is 0 Å². The van der Waals surface area contributed by atoms with Crippen molar-refractivity contribution in [3.05, 3.63) is 107 Å². The molecule has 4 rings (SSSR count). The number of hydrogen-bond acceptors (Lipinski definition) is 2. The van der Waals surface area contributed by atoms with Gasteiger partial charge in [0.25, 0.3) is 5.91 Å². The Morgan fingerprint density at radius 2 is 1.58 bits per heavy atom. The third kappa shape index (κ3) is 4.54. The molecule has 0 fully saturated rings. The Balaban J connectivity index is 1.79. The van der Waals surface area contributed by atoms with Crippen molar-refractivity contribution in [1.29, 1.82) is 0 Å². The van der Waals surface area contributed by atoms with E-state index < -0.39 is 0 Å². The van der Waals surface area contributed by atoms with Crippen molar-refractivity contribution in [2.45, 2.75) is 26.3 Å². The standard InChI is InChI=1S/C26H24ClN3O/c1-2-11-23-24(26(31)28-18-20-14-9-10-17-22(20)27)25(19-12-5-3-6-13-19)29-30(23)21-15-7-4-8-16-21/h3-10,12-17H,2,11,18H2,1H3,(H,28,31). The third-order valence-corrected chi connectivity index (χ3v) is 5.51. The number of nitrogens with one attached hydrogen (secondary N) is 1. The summed E-state index contributed by atoms with van der Waals surface area (Å²) in [6.45, 7) is 2.46. The first-order valence-corrected chi connectivity index (χ1v) is 10.8. The van der Waals surface area contributed by atoms with Gasteiger partial charge in [0, 0.05) is 17.1 Å². The maximum Gasteiger partial charge on any atom is 0.255 e.